The molecule has 2 heterocycles. The molecule has 0 bridgehead atoms. The number of para-hydroxylation sites is 1. The van der Waals surface area contributed by atoms with Gasteiger partial charge in [-0.2, -0.15) is 11.3 Å². The Morgan fingerprint density at radius 2 is 2.04 bits per heavy atom. The van der Waals surface area contributed by atoms with Crippen LogP contribution in [-0.2, 0) is 16.0 Å². The molecule has 0 radical (unpaired) electrons. The number of aromatic nitrogens is 1. The molecule has 0 spiro atoms. The second-order valence-electron chi connectivity index (χ2n) is 5.48. The van der Waals surface area contributed by atoms with Crippen LogP contribution in [-0.4, -0.2) is 22.8 Å². The number of Topliss-reactive ketones (excluding diaryl/α,β-unsaturated/α-hetero) is 1. The topological polar surface area (TPSA) is 59.2 Å². The number of aromatic amines is 1. The molecule has 0 unspecified atom stereocenters. The SMILES string of the molecule is Cc1[nH]c2ccccc2c1C(=O)[C@@H](C)OC(=O)Cc1ccsc1. The van der Waals surface area contributed by atoms with Crippen LogP contribution < -0.4 is 0 Å². The first-order valence-corrected chi connectivity index (χ1v) is 8.32. The maximum atomic E-state index is 12.7. The summed E-state index contributed by atoms with van der Waals surface area (Å²) in [5, 5.41) is 4.67. The van der Waals surface area contributed by atoms with Gasteiger partial charge in [0, 0.05) is 22.2 Å². The number of H-pyrrole nitrogens is 1. The molecule has 23 heavy (non-hydrogen) atoms. The van der Waals surface area contributed by atoms with E-state index < -0.39 is 6.10 Å². The number of aryl methyl sites for hydroxylation is 1. The third-order valence-electron chi connectivity index (χ3n) is 3.75. The lowest BCUT2D eigenvalue weighted by Crippen LogP contribution is -2.25. The molecule has 0 amide bonds. The normalized spacial score (nSPS) is 12.3. The zero-order chi connectivity index (χ0) is 16.4. The van der Waals surface area contributed by atoms with Crippen LogP contribution in [0.4, 0.5) is 0 Å². The number of benzene rings is 1. The first kappa shape index (κ1) is 15.5. The summed E-state index contributed by atoms with van der Waals surface area (Å²) in [6, 6.07) is 9.50. The molecular formula is C18H17NO3S. The predicted octanol–water partition coefficient (Wildman–Crippen LogP) is 3.89. The number of rotatable bonds is 5. The van der Waals surface area contributed by atoms with Gasteiger partial charge in [0.25, 0.3) is 0 Å². The van der Waals surface area contributed by atoms with Crippen molar-refractivity contribution in [3.05, 3.63) is 57.9 Å². The van der Waals surface area contributed by atoms with Gasteiger partial charge in [0.15, 0.2) is 6.10 Å². The van der Waals surface area contributed by atoms with E-state index in [2.05, 4.69) is 4.98 Å². The maximum Gasteiger partial charge on any atom is 0.311 e. The monoisotopic (exact) mass is 327 g/mol. The van der Waals surface area contributed by atoms with Crippen LogP contribution in [0.2, 0.25) is 0 Å². The summed E-state index contributed by atoms with van der Waals surface area (Å²) in [4.78, 5) is 27.8. The van der Waals surface area contributed by atoms with E-state index >= 15 is 0 Å². The largest absolute Gasteiger partial charge is 0.454 e. The Morgan fingerprint density at radius 3 is 2.78 bits per heavy atom. The number of carbonyl (C=O) groups is 2. The minimum Gasteiger partial charge on any atom is -0.454 e. The summed E-state index contributed by atoms with van der Waals surface area (Å²) in [7, 11) is 0. The molecule has 0 aliphatic carbocycles. The van der Waals surface area contributed by atoms with Crippen molar-refractivity contribution in [2.45, 2.75) is 26.4 Å². The molecule has 1 atom stereocenters. The summed E-state index contributed by atoms with van der Waals surface area (Å²) in [6.45, 7) is 3.47. The lowest BCUT2D eigenvalue weighted by atomic mass is 10.0. The maximum absolute atomic E-state index is 12.7. The highest BCUT2D eigenvalue weighted by atomic mass is 32.1. The Kier molecular flexibility index (Phi) is 4.30. The zero-order valence-electron chi connectivity index (χ0n) is 13.0. The van der Waals surface area contributed by atoms with Gasteiger partial charge >= 0.3 is 5.97 Å². The number of fused-ring (bicyclic) bond motifs is 1. The lowest BCUT2D eigenvalue weighted by molar-refractivity contribution is -0.145. The zero-order valence-corrected chi connectivity index (χ0v) is 13.8. The number of ketones is 1. The van der Waals surface area contributed by atoms with Gasteiger partial charge < -0.3 is 9.72 Å². The average Bonchev–Trinajstić information content (AvgIpc) is 3.12. The summed E-state index contributed by atoms with van der Waals surface area (Å²) in [5.41, 5.74) is 3.20. The minimum atomic E-state index is -0.806. The first-order chi connectivity index (χ1) is 11.1. The van der Waals surface area contributed by atoms with E-state index in [0.29, 0.717) is 5.56 Å². The Labute approximate surface area is 138 Å². The third kappa shape index (κ3) is 3.19. The molecule has 4 nitrogen and oxygen atoms in total. The molecule has 1 aromatic carbocycles. The lowest BCUT2D eigenvalue weighted by Gasteiger charge is -2.12. The first-order valence-electron chi connectivity index (χ1n) is 7.38. The second kappa shape index (κ2) is 6.38. The van der Waals surface area contributed by atoms with E-state index in [1.54, 1.807) is 6.92 Å². The minimum absolute atomic E-state index is 0.182. The number of nitrogens with one attached hydrogen (secondary N) is 1. The van der Waals surface area contributed by atoms with Crippen LogP contribution in [0.25, 0.3) is 10.9 Å². The fraction of sp³-hybridized carbons (Fsp3) is 0.222. The summed E-state index contributed by atoms with van der Waals surface area (Å²) in [6.07, 6.45) is -0.618. The molecule has 0 aliphatic rings. The molecule has 0 fully saturated rings. The Bertz CT molecular complexity index is 848. The van der Waals surface area contributed by atoms with E-state index in [4.69, 9.17) is 4.74 Å². The van der Waals surface area contributed by atoms with Crippen LogP contribution in [0.1, 0.15) is 28.5 Å². The van der Waals surface area contributed by atoms with Crippen LogP contribution in [0, 0.1) is 6.92 Å². The van der Waals surface area contributed by atoms with Gasteiger partial charge in [-0.1, -0.05) is 18.2 Å². The van der Waals surface area contributed by atoms with Crippen molar-refractivity contribution >= 4 is 34.0 Å². The Hall–Kier alpha value is -2.40. The van der Waals surface area contributed by atoms with Gasteiger partial charge in [0.2, 0.25) is 5.78 Å². The molecule has 1 N–H and O–H groups in total. The van der Waals surface area contributed by atoms with E-state index in [-0.39, 0.29) is 18.2 Å². The molecule has 0 aliphatic heterocycles. The second-order valence-corrected chi connectivity index (χ2v) is 6.26. The van der Waals surface area contributed by atoms with Gasteiger partial charge in [-0.3, -0.25) is 9.59 Å². The quantitative estimate of drug-likeness (QED) is 0.571. The van der Waals surface area contributed by atoms with Gasteiger partial charge in [-0.05, 0) is 42.3 Å². The van der Waals surface area contributed by atoms with Crippen molar-refractivity contribution in [3.8, 4) is 0 Å². The van der Waals surface area contributed by atoms with Gasteiger partial charge in [-0.15, -0.1) is 0 Å². The van der Waals surface area contributed by atoms with Crippen LogP contribution in [0.5, 0.6) is 0 Å². The number of hydrogen-bond acceptors (Lipinski definition) is 4. The highest BCUT2D eigenvalue weighted by Crippen LogP contribution is 2.24. The molecule has 0 saturated carbocycles. The fourth-order valence-corrected chi connectivity index (χ4v) is 3.32. The summed E-state index contributed by atoms with van der Waals surface area (Å²) >= 11 is 1.53. The molecule has 3 aromatic rings. The highest BCUT2D eigenvalue weighted by Gasteiger charge is 2.24. The van der Waals surface area contributed by atoms with Gasteiger partial charge in [0.05, 0.1) is 6.42 Å². The summed E-state index contributed by atoms with van der Waals surface area (Å²) < 4.78 is 5.32. The van der Waals surface area contributed by atoms with Crippen molar-refractivity contribution in [2.75, 3.05) is 0 Å². The molecule has 3 rings (SSSR count). The van der Waals surface area contributed by atoms with E-state index in [1.807, 2.05) is 48.0 Å². The predicted molar refractivity (Wildman–Crippen MR) is 90.9 cm³/mol. The standard InChI is InChI=1S/C18H17NO3S/c1-11-17(14-5-3-4-6-15(14)19-11)18(21)12(2)22-16(20)9-13-7-8-23-10-13/h3-8,10,12,19H,9H2,1-2H3/t12-/m1/s1. The van der Waals surface area contributed by atoms with Crippen molar-refractivity contribution in [2.24, 2.45) is 0 Å². The highest BCUT2D eigenvalue weighted by molar-refractivity contribution is 7.08. The number of thiophene rings is 1. The smallest absolute Gasteiger partial charge is 0.311 e. The molecule has 5 heteroatoms. The summed E-state index contributed by atoms with van der Waals surface area (Å²) in [5.74, 6) is -0.569. The van der Waals surface area contributed by atoms with Crippen LogP contribution >= 0.6 is 11.3 Å². The molecule has 0 saturated heterocycles. The third-order valence-corrected chi connectivity index (χ3v) is 4.48. The van der Waals surface area contributed by atoms with Gasteiger partial charge in [-0.25, -0.2) is 0 Å². The van der Waals surface area contributed by atoms with Crippen LogP contribution in [0.15, 0.2) is 41.1 Å². The van der Waals surface area contributed by atoms with E-state index in [0.717, 1.165) is 22.2 Å². The Balaban J connectivity index is 1.76. The average molecular weight is 327 g/mol. The van der Waals surface area contributed by atoms with Crippen molar-refractivity contribution in [3.63, 3.8) is 0 Å². The molecular weight excluding hydrogens is 310 g/mol. The van der Waals surface area contributed by atoms with Crippen molar-refractivity contribution < 1.29 is 14.3 Å². The number of hydrogen-bond donors (Lipinski definition) is 1. The molecule has 2 aromatic heterocycles. The number of carbonyl (C=O) groups excluding carboxylic acids is 2. The number of esters is 1. The molecule has 118 valence electrons. The van der Waals surface area contributed by atoms with Crippen molar-refractivity contribution in [1.82, 2.24) is 4.98 Å². The Morgan fingerprint density at radius 1 is 1.26 bits per heavy atom. The fourth-order valence-electron chi connectivity index (χ4n) is 2.65. The van der Waals surface area contributed by atoms with Crippen LogP contribution in [0.3, 0.4) is 0 Å². The van der Waals surface area contributed by atoms with E-state index in [9.17, 15) is 9.59 Å². The van der Waals surface area contributed by atoms with Crippen molar-refractivity contribution in [1.29, 1.82) is 0 Å². The van der Waals surface area contributed by atoms with E-state index in [1.165, 1.54) is 11.3 Å². The van der Waals surface area contributed by atoms with Gasteiger partial charge in [0.1, 0.15) is 0 Å². The number of ether oxygens (including phenoxy) is 1.